The molecule has 0 amide bonds. The van der Waals surface area contributed by atoms with Crippen molar-refractivity contribution in [2.45, 2.75) is 349 Å². The molecule has 0 radical (unpaired) electrons. The third kappa shape index (κ3) is 55.2. The molecule has 0 aliphatic rings. The van der Waals surface area contributed by atoms with Gasteiger partial charge < -0.3 is 14.2 Å². The van der Waals surface area contributed by atoms with Gasteiger partial charge in [-0.05, 0) is 31.1 Å². The van der Waals surface area contributed by atoms with E-state index < -0.39 is 6.10 Å². The van der Waals surface area contributed by atoms with Crippen LogP contribution in [0.2, 0.25) is 0 Å². The van der Waals surface area contributed by atoms with Crippen LogP contribution < -0.4 is 0 Å². The van der Waals surface area contributed by atoms with Gasteiger partial charge in [-0.2, -0.15) is 0 Å². The van der Waals surface area contributed by atoms with Gasteiger partial charge in [0, 0.05) is 19.3 Å². The zero-order valence-corrected chi connectivity index (χ0v) is 46.0. The molecule has 398 valence electrons. The lowest BCUT2D eigenvalue weighted by Gasteiger charge is -2.18. The molecule has 0 spiro atoms. The highest BCUT2D eigenvalue weighted by atomic mass is 16.6. The van der Waals surface area contributed by atoms with Gasteiger partial charge in [-0.15, -0.1) is 0 Å². The molecule has 6 heteroatoms. The predicted octanol–water partition coefficient (Wildman–Crippen LogP) is 20.0. The minimum absolute atomic E-state index is 0.0622. The van der Waals surface area contributed by atoms with E-state index in [0.29, 0.717) is 19.3 Å². The van der Waals surface area contributed by atoms with E-state index in [9.17, 15) is 14.4 Å². The maximum atomic E-state index is 12.9. The van der Waals surface area contributed by atoms with Gasteiger partial charge in [0.1, 0.15) is 13.2 Å². The van der Waals surface area contributed by atoms with Crippen molar-refractivity contribution < 1.29 is 28.6 Å². The van der Waals surface area contributed by atoms with Gasteiger partial charge in [-0.25, -0.2) is 0 Å². The summed E-state index contributed by atoms with van der Waals surface area (Å²) >= 11 is 0. The summed E-state index contributed by atoms with van der Waals surface area (Å²) in [6.07, 6.45) is 58.1. The van der Waals surface area contributed by atoms with E-state index in [1.165, 1.54) is 231 Å². The Morgan fingerprint density at radius 2 is 0.493 bits per heavy atom. The lowest BCUT2D eigenvalue weighted by atomic mass is 10.0. The molecule has 0 aromatic heterocycles. The number of hydrogen-bond acceptors (Lipinski definition) is 6. The molecular formula is C61H118O6. The van der Waals surface area contributed by atoms with Crippen molar-refractivity contribution in [3.63, 3.8) is 0 Å². The molecule has 0 aliphatic heterocycles. The fourth-order valence-electron chi connectivity index (χ4n) is 9.40. The van der Waals surface area contributed by atoms with E-state index >= 15 is 0 Å². The summed E-state index contributed by atoms with van der Waals surface area (Å²) in [5, 5.41) is 0. The van der Waals surface area contributed by atoms with E-state index in [1.54, 1.807) is 0 Å². The average molecular weight is 948 g/mol. The van der Waals surface area contributed by atoms with Gasteiger partial charge in [0.15, 0.2) is 6.10 Å². The first-order valence-corrected chi connectivity index (χ1v) is 30.2. The molecule has 0 aromatic carbocycles. The minimum atomic E-state index is -0.763. The van der Waals surface area contributed by atoms with Gasteiger partial charge in [0.25, 0.3) is 0 Å². The van der Waals surface area contributed by atoms with Crippen LogP contribution in [-0.2, 0) is 28.6 Å². The Hall–Kier alpha value is -1.59. The monoisotopic (exact) mass is 947 g/mol. The van der Waals surface area contributed by atoms with Crippen molar-refractivity contribution in [1.29, 1.82) is 0 Å². The smallest absolute Gasteiger partial charge is 0.306 e. The summed E-state index contributed by atoms with van der Waals surface area (Å²) in [6, 6.07) is 0. The number of carbonyl (C=O) groups excluding carboxylic acids is 3. The molecule has 0 saturated heterocycles. The highest BCUT2D eigenvalue weighted by molar-refractivity contribution is 5.71. The van der Waals surface area contributed by atoms with Crippen LogP contribution in [-0.4, -0.2) is 37.2 Å². The predicted molar refractivity (Wildman–Crippen MR) is 289 cm³/mol. The molecule has 0 N–H and O–H groups in total. The van der Waals surface area contributed by atoms with E-state index in [-0.39, 0.29) is 31.1 Å². The molecule has 6 nitrogen and oxygen atoms in total. The second-order valence-electron chi connectivity index (χ2n) is 21.9. The zero-order valence-electron chi connectivity index (χ0n) is 46.0. The van der Waals surface area contributed by atoms with E-state index in [1.807, 2.05) is 0 Å². The molecule has 1 atom stereocenters. The lowest BCUT2D eigenvalue weighted by molar-refractivity contribution is -0.167. The third-order valence-electron chi connectivity index (χ3n) is 14.0. The number of hydrogen-bond donors (Lipinski definition) is 0. The summed E-state index contributed by atoms with van der Waals surface area (Å²) < 4.78 is 16.9. The number of ether oxygens (including phenoxy) is 3. The molecule has 0 bridgehead atoms. The summed E-state index contributed by atoms with van der Waals surface area (Å²) in [7, 11) is 0. The summed E-state index contributed by atoms with van der Waals surface area (Å²) in [5.41, 5.74) is 0. The van der Waals surface area contributed by atoms with Gasteiger partial charge >= 0.3 is 17.9 Å². The maximum Gasteiger partial charge on any atom is 0.306 e. The number of esters is 3. The Kier molecular flexibility index (Phi) is 52.5. The molecule has 0 heterocycles. The standard InChI is InChI=1S/C61H118O6/c1-6-7-8-9-10-11-12-19-26-31-36-41-46-51-59(62)65-54-58(67-61(64)53-48-43-38-33-28-23-18-14-16-21-25-30-35-40-45-50-57(4)5)55-66-60(63)52-47-42-37-32-27-22-17-13-15-20-24-29-34-39-44-49-56(2)3/h56-58H,6-55H2,1-5H3/t58-/m1/s1. The Bertz CT molecular complexity index is 1020. The first-order valence-electron chi connectivity index (χ1n) is 30.2. The van der Waals surface area contributed by atoms with Crippen LogP contribution in [0.15, 0.2) is 0 Å². The maximum absolute atomic E-state index is 12.9. The molecule has 0 aromatic rings. The van der Waals surface area contributed by atoms with Crippen molar-refractivity contribution in [2.24, 2.45) is 11.8 Å². The molecule has 0 saturated carbocycles. The normalized spacial score (nSPS) is 12.0. The first kappa shape index (κ1) is 65.4. The highest BCUT2D eigenvalue weighted by Crippen LogP contribution is 2.18. The highest BCUT2D eigenvalue weighted by Gasteiger charge is 2.19. The van der Waals surface area contributed by atoms with Crippen LogP contribution in [0.25, 0.3) is 0 Å². The van der Waals surface area contributed by atoms with Crippen LogP contribution in [0.1, 0.15) is 343 Å². The SMILES string of the molecule is CCCCCCCCCCCCCCCC(=O)OC[C@H](COC(=O)CCCCCCCCCCCCCCCCCC(C)C)OC(=O)CCCCCCCCCCCCCCCCCC(C)C. The van der Waals surface area contributed by atoms with Crippen molar-refractivity contribution >= 4 is 17.9 Å². The van der Waals surface area contributed by atoms with Gasteiger partial charge in [0.05, 0.1) is 0 Å². The average Bonchev–Trinajstić information content (AvgIpc) is 3.30. The van der Waals surface area contributed by atoms with Crippen LogP contribution in [0.5, 0.6) is 0 Å². The van der Waals surface area contributed by atoms with Crippen molar-refractivity contribution in [3.05, 3.63) is 0 Å². The van der Waals surface area contributed by atoms with Gasteiger partial charge in [-0.1, -0.05) is 304 Å². The van der Waals surface area contributed by atoms with Crippen molar-refractivity contribution in [3.8, 4) is 0 Å². The minimum Gasteiger partial charge on any atom is -0.462 e. The number of rotatable bonds is 55. The summed E-state index contributed by atoms with van der Waals surface area (Å²) in [4.78, 5) is 38.2. The topological polar surface area (TPSA) is 78.9 Å². The third-order valence-corrected chi connectivity index (χ3v) is 14.0. The van der Waals surface area contributed by atoms with E-state index in [0.717, 1.165) is 69.6 Å². The molecule has 0 aliphatic carbocycles. The molecule has 0 rings (SSSR count). The van der Waals surface area contributed by atoms with Crippen LogP contribution in [0.4, 0.5) is 0 Å². The largest absolute Gasteiger partial charge is 0.462 e. The Balaban J connectivity index is 4.28. The Morgan fingerprint density at radius 3 is 0.731 bits per heavy atom. The summed E-state index contributed by atoms with van der Waals surface area (Å²) in [6.45, 7) is 11.4. The van der Waals surface area contributed by atoms with Crippen LogP contribution >= 0.6 is 0 Å². The van der Waals surface area contributed by atoms with Gasteiger partial charge in [0.2, 0.25) is 0 Å². The zero-order chi connectivity index (χ0) is 48.9. The molecular weight excluding hydrogens is 829 g/mol. The number of unbranched alkanes of at least 4 members (excludes halogenated alkanes) is 40. The first-order chi connectivity index (χ1) is 32.7. The lowest BCUT2D eigenvalue weighted by Crippen LogP contribution is -2.30. The fraction of sp³-hybridized carbons (Fsp3) is 0.951. The van der Waals surface area contributed by atoms with Gasteiger partial charge in [-0.3, -0.25) is 14.4 Å². The Labute approximate surface area is 418 Å². The summed E-state index contributed by atoms with van der Waals surface area (Å²) in [5.74, 6) is 0.862. The van der Waals surface area contributed by atoms with E-state index in [4.69, 9.17) is 14.2 Å². The second kappa shape index (κ2) is 53.8. The fourth-order valence-corrected chi connectivity index (χ4v) is 9.40. The van der Waals surface area contributed by atoms with Crippen LogP contribution in [0, 0.1) is 11.8 Å². The van der Waals surface area contributed by atoms with Crippen molar-refractivity contribution in [1.82, 2.24) is 0 Å². The Morgan fingerprint density at radius 1 is 0.284 bits per heavy atom. The quantitative estimate of drug-likeness (QED) is 0.0343. The molecule has 0 fully saturated rings. The molecule has 0 unspecified atom stereocenters. The molecule has 67 heavy (non-hydrogen) atoms. The van der Waals surface area contributed by atoms with E-state index in [2.05, 4.69) is 34.6 Å². The number of carbonyl (C=O) groups is 3. The second-order valence-corrected chi connectivity index (χ2v) is 21.9. The van der Waals surface area contributed by atoms with Crippen LogP contribution in [0.3, 0.4) is 0 Å². The van der Waals surface area contributed by atoms with Crippen molar-refractivity contribution in [2.75, 3.05) is 13.2 Å².